The molecule has 3 aromatic rings. The van der Waals surface area contributed by atoms with Crippen LogP contribution in [0, 0.1) is 6.92 Å². The Morgan fingerprint density at radius 3 is 2.83 bits per heavy atom. The lowest BCUT2D eigenvalue weighted by atomic mass is 10.2. The van der Waals surface area contributed by atoms with Gasteiger partial charge in [0.15, 0.2) is 0 Å². The van der Waals surface area contributed by atoms with Crippen LogP contribution in [-0.4, -0.2) is 62.7 Å². The molecule has 2 N–H and O–H groups in total. The summed E-state index contributed by atoms with van der Waals surface area (Å²) >= 11 is 0. The van der Waals surface area contributed by atoms with Crippen LogP contribution < -0.4 is 9.47 Å². The van der Waals surface area contributed by atoms with E-state index in [0.717, 1.165) is 6.33 Å². The molecule has 154 valence electrons. The van der Waals surface area contributed by atoms with E-state index in [-0.39, 0.29) is 31.1 Å². The average molecular weight is 407 g/mol. The number of fused-ring (bicyclic) bond motifs is 1. The first kappa shape index (κ1) is 20.4. The first-order chi connectivity index (χ1) is 13.9. The number of nitrogens with zero attached hydrogens (tertiary/aromatic N) is 4. The molecule has 0 saturated heterocycles. The number of rotatable bonds is 8. The fourth-order valence-electron chi connectivity index (χ4n) is 2.82. The number of H-pyrrole nitrogens is 1. The standard InChI is InChI=1S/C18H19F2N5O4/c1-10-14(23-9-24-16(10)29-18(19)20)8-25(3-4-26)17(27)12-7-21-13-5-11(28-2)6-22-15(12)13/h5-7,9,18,21,26H,3-4,8H2,1-2H3. The second kappa shape index (κ2) is 8.78. The molecular weight excluding hydrogens is 388 g/mol. The predicted octanol–water partition coefficient (Wildman–Crippen LogP) is 1.91. The Morgan fingerprint density at radius 1 is 1.34 bits per heavy atom. The van der Waals surface area contributed by atoms with Gasteiger partial charge >= 0.3 is 6.61 Å². The van der Waals surface area contributed by atoms with Crippen LogP contribution in [0.4, 0.5) is 8.78 Å². The maximum absolute atomic E-state index is 13.1. The molecule has 0 radical (unpaired) electrons. The van der Waals surface area contributed by atoms with E-state index in [1.54, 1.807) is 6.07 Å². The summed E-state index contributed by atoms with van der Waals surface area (Å²) in [4.78, 5) is 29.4. The number of aromatic amines is 1. The van der Waals surface area contributed by atoms with Crippen LogP contribution in [0.25, 0.3) is 11.0 Å². The summed E-state index contributed by atoms with van der Waals surface area (Å²) in [7, 11) is 1.51. The van der Waals surface area contributed by atoms with Crippen LogP contribution in [0.15, 0.2) is 24.8 Å². The zero-order valence-corrected chi connectivity index (χ0v) is 15.7. The molecule has 0 spiro atoms. The van der Waals surface area contributed by atoms with E-state index in [4.69, 9.17) is 4.74 Å². The van der Waals surface area contributed by atoms with Crippen molar-refractivity contribution in [2.75, 3.05) is 20.3 Å². The summed E-state index contributed by atoms with van der Waals surface area (Å²) in [6, 6.07) is 1.71. The fraction of sp³-hybridized carbons (Fsp3) is 0.333. The number of halogens is 2. The van der Waals surface area contributed by atoms with E-state index in [1.807, 2.05) is 0 Å². The topological polar surface area (TPSA) is 113 Å². The monoisotopic (exact) mass is 407 g/mol. The summed E-state index contributed by atoms with van der Waals surface area (Å²) in [5.74, 6) is -0.131. The molecule has 9 nitrogen and oxygen atoms in total. The van der Waals surface area contributed by atoms with Gasteiger partial charge in [0.05, 0.1) is 43.2 Å². The Balaban J connectivity index is 1.90. The van der Waals surface area contributed by atoms with Crippen molar-refractivity contribution in [3.05, 3.63) is 41.6 Å². The largest absolute Gasteiger partial charge is 0.495 e. The van der Waals surface area contributed by atoms with Crippen molar-refractivity contribution < 1.29 is 28.2 Å². The third kappa shape index (κ3) is 4.40. The molecular formula is C18H19F2N5O4. The van der Waals surface area contributed by atoms with Crippen molar-refractivity contribution in [1.82, 2.24) is 24.8 Å². The highest BCUT2D eigenvalue weighted by Gasteiger charge is 2.23. The molecule has 3 rings (SSSR count). The molecule has 11 heteroatoms. The molecule has 0 atom stereocenters. The van der Waals surface area contributed by atoms with Gasteiger partial charge in [-0.3, -0.25) is 4.79 Å². The summed E-state index contributed by atoms with van der Waals surface area (Å²) in [6.45, 7) is -1.82. The maximum Gasteiger partial charge on any atom is 0.388 e. The van der Waals surface area contributed by atoms with Crippen molar-refractivity contribution in [3.8, 4) is 11.6 Å². The molecule has 0 aliphatic rings. The van der Waals surface area contributed by atoms with E-state index in [1.165, 1.54) is 31.3 Å². The number of methoxy groups -OCH3 is 1. The van der Waals surface area contributed by atoms with Crippen molar-refractivity contribution in [3.63, 3.8) is 0 Å². The van der Waals surface area contributed by atoms with Gasteiger partial charge in [0.25, 0.3) is 5.91 Å². The number of hydrogen-bond donors (Lipinski definition) is 2. The normalized spacial score (nSPS) is 11.1. The van der Waals surface area contributed by atoms with Gasteiger partial charge in [-0.05, 0) is 6.92 Å². The minimum absolute atomic E-state index is 0.0101. The molecule has 0 bridgehead atoms. The lowest BCUT2D eigenvalue weighted by Crippen LogP contribution is -2.33. The van der Waals surface area contributed by atoms with Gasteiger partial charge in [-0.1, -0.05) is 0 Å². The van der Waals surface area contributed by atoms with Crippen molar-refractivity contribution in [2.24, 2.45) is 0 Å². The zero-order valence-electron chi connectivity index (χ0n) is 15.7. The SMILES string of the molecule is COc1cnc2c(C(=O)N(CCO)Cc3ncnc(OC(F)F)c3C)c[nH]c2c1. The van der Waals surface area contributed by atoms with Crippen molar-refractivity contribution in [1.29, 1.82) is 0 Å². The van der Waals surface area contributed by atoms with Crippen LogP contribution >= 0.6 is 0 Å². The zero-order chi connectivity index (χ0) is 21.0. The molecule has 3 aromatic heterocycles. The highest BCUT2D eigenvalue weighted by molar-refractivity contribution is 6.05. The smallest absolute Gasteiger partial charge is 0.388 e. The second-order valence-electron chi connectivity index (χ2n) is 6.05. The Labute approximate surface area is 164 Å². The third-order valence-electron chi connectivity index (χ3n) is 4.30. The van der Waals surface area contributed by atoms with Crippen LogP contribution in [-0.2, 0) is 6.54 Å². The first-order valence-electron chi connectivity index (χ1n) is 8.61. The quantitative estimate of drug-likeness (QED) is 0.586. The van der Waals surface area contributed by atoms with Gasteiger partial charge < -0.3 is 24.5 Å². The Bertz CT molecular complexity index is 1010. The summed E-state index contributed by atoms with van der Waals surface area (Å²) in [5.41, 5.74) is 1.96. The van der Waals surface area contributed by atoms with Crippen LogP contribution in [0.1, 0.15) is 21.6 Å². The highest BCUT2D eigenvalue weighted by Crippen LogP contribution is 2.24. The molecule has 0 unspecified atom stereocenters. The summed E-state index contributed by atoms with van der Waals surface area (Å²) in [6.07, 6.45) is 4.09. The lowest BCUT2D eigenvalue weighted by Gasteiger charge is -2.22. The minimum atomic E-state index is -3.03. The molecule has 0 saturated carbocycles. The third-order valence-corrected chi connectivity index (χ3v) is 4.30. The molecule has 0 fully saturated rings. The van der Waals surface area contributed by atoms with E-state index in [9.17, 15) is 18.7 Å². The van der Waals surface area contributed by atoms with Crippen molar-refractivity contribution >= 4 is 16.9 Å². The number of hydrogen-bond acceptors (Lipinski definition) is 7. The second-order valence-corrected chi connectivity index (χ2v) is 6.05. The number of aliphatic hydroxyl groups is 1. The lowest BCUT2D eigenvalue weighted by molar-refractivity contribution is -0.0535. The molecule has 3 heterocycles. The van der Waals surface area contributed by atoms with Gasteiger partial charge in [0.2, 0.25) is 5.88 Å². The Kier molecular flexibility index (Phi) is 6.17. The Hall–Kier alpha value is -3.34. The van der Waals surface area contributed by atoms with Gasteiger partial charge in [-0.15, -0.1) is 0 Å². The predicted molar refractivity (Wildman–Crippen MR) is 97.9 cm³/mol. The van der Waals surface area contributed by atoms with Gasteiger partial charge in [0.1, 0.15) is 17.6 Å². The minimum Gasteiger partial charge on any atom is -0.495 e. The number of nitrogens with one attached hydrogen (secondary N) is 1. The summed E-state index contributed by atoms with van der Waals surface area (Å²) < 4.78 is 34.6. The molecule has 1 amide bonds. The summed E-state index contributed by atoms with van der Waals surface area (Å²) in [5, 5.41) is 9.40. The van der Waals surface area contributed by atoms with Crippen LogP contribution in [0.2, 0.25) is 0 Å². The van der Waals surface area contributed by atoms with E-state index in [0.29, 0.717) is 28.0 Å². The maximum atomic E-state index is 13.1. The van der Waals surface area contributed by atoms with Crippen LogP contribution in [0.5, 0.6) is 11.6 Å². The number of carbonyl (C=O) groups is 1. The fourth-order valence-corrected chi connectivity index (χ4v) is 2.82. The number of amides is 1. The molecule has 0 aromatic carbocycles. The van der Waals surface area contributed by atoms with Crippen LogP contribution in [0.3, 0.4) is 0 Å². The number of ether oxygens (including phenoxy) is 2. The number of pyridine rings is 1. The molecule has 0 aliphatic carbocycles. The van der Waals surface area contributed by atoms with E-state index < -0.39 is 12.5 Å². The average Bonchev–Trinajstić information content (AvgIpc) is 3.12. The number of carbonyl (C=O) groups excluding carboxylic acids is 1. The number of aromatic nitrogens is 4. The van der Waals surface area contributed by atoms with Gasteiger partial charge in [-0.25, -0.2) is 15.0 Å². The molecule has 0 aliphatic heterocycles. The van der Waals surface area contributed by atoms with Crippen molar-refractivity contribution in [2.45, 2.75) is 20.1 Å². The van der Waals surface area contributed by atoms with Gasteiger partial charge in [-0.2, -0.15) is 8.78 Å². The number of alkyl halides is 2. The first-order valence-corrected chi connectivity index (χ1v) is 8.61. The molecule has 29 heavy (non-hydrogen) atoms. The Morgan fingerprint density at radius 2 is 2.14 bits per heavy atom. The van der Waals surface area contributed by atoms with Gasteiger partial charge in [0, 0.05) is 24.4 Å². The van der Waals surface area contributed by atoms with E-state index >= 15 is 0 Å². The van der Waals surface area contributed by atoms with E-state index in [2.05, 4.69) is 24.7 Å². The number of aliphatic hydroxyl groups excluding tert-OH is 1. The highest BCUT2D eigenvalue weighted by atomic mass is 19.3.